The van der Waals surface area contributed by atoms with Gasteiger partial charge in [0.15, 0.2) is 0 Å². The number of carbonyl (C=O) groups excluding carboxylic acids is 4. The van der Waals surface area contributed by atoms with E-state index in [1.54, 1.807) is 0 Å². The maximum atomic E-state index is 12.0. The molecule has 0 radical (unpaired) electrons. The summed E-state index contributed by atoms with van der Waals surface area (Å²) in [6, 6.07) is 45.4. The first-order valence-corrected chi connectivity index (χ1v) is 31.9. The van der Waals surface area contributed by atoms with E-state index in [9.17, 15) is 19.2 Å². The van der Waals surface area contributed by atoms with Crippen LogP contribution in [0, 0.1) is 23.7 Å². The molecule has 16 saturated heterocycles. The number of amides is 4. The average molecular weight is 1150 g/mol. The molecular formula is C68H88N8O8. The van der Waals surface area contributed by atoms with Crippen molar-refractivity contribution in [2.45, 2.75) is 178 Å². The van der Waals surface area contributed by atoms with Crippen molar-refractivity contribution in [3.63, 3.8) is 0 Å². The first kappa shape index (κ1) is 56.9. The zero-order valence-electron chi connectivity index (χ0n) is 49.8. The fourth-order valence-corrected chi connectivity index (χ4v) is 17.4. The molecule has 4 aromatic rings. The van der Waals surface area contributed by atoms with Crippen LogP contribution in [0.5, 0.6) is 0 Å². The van der Waals surface area contributed by atoms with Crippen molar-refractivity contribution in [1.82, 2.24) is 39.2 Å². The zero-order valence-corrected chi connectivity index (χ0v) is 49.8. The third-order valence-electron chi connectivity index (χ3n) is 21.2. The lowest BCUT2D eigenvalue weighted by Gasteiger charge is -2.39. The minimum absolute atomic E-state index is 0.0117. The first-order chi connectivity index (χ1) is 40.9. The third-order valence-corrected chi connectivity index (χ3v) is 21.2. The minimum atomic E-state index is -0.106. The van der Waals surface area contributed by atoms with E-state index < -0.39 is 0 Å². The number of benzene rings is 4. The van der Waals surface area contributed by atoms with Gasteiger partial charge < -0.3 is 18.9 Å². The summed E-state index contributed by atoms with van der Waals surface area (Å²) in [7, 11) is 0. The highest BCUT2D eigenvalue weighted by atomic mass is 16.6. The molecule has 84 heavy (non-hydrogen) atoms. The molecule has 8 bridgehead atoms. The average Bonchev–Trinajstić information content (AvgIpc) is 2.74. The molecule has 16 fully saturated rings. The van der Waals surface area contributed by atoms with Gasteiger partial charge >= 0.3 is 24.4 Å². The van der Waals surface area contributed by atoms with Crippen molar-refractivity contribution < 1.29 is 38.1 Å². The predicted molar refractivity (Wildman–Crippen MR) is 319 cm³/mol. The number of carbonyl (C=O) groups is 4. The second-order valence-corrected chi connectivity index (χ2v) is 26.6. The topological polar surface area (TPSA) is 131 Å². The van der Waals surface area contributed by atoms with E-state index in [4.69, 9.17) is 18.9 Å². The number of rotatable bonds is 8. The van der Waals surface area contributed by atoms with Crippen LogP contribution in [0.4, 0.5) is 19.2 Å². The molecule has 0 saturated carbocycles. The van der Waals surface area contributed by atoms with Gasteiger partial charge in [-0.2, -0.15) is 0 Å². The zero-order chi connectivity index (χ0) is 57.6. The number of hydrogen-bond acceptors (Lipinski definition) is 12. The minimum Gasteiger partial charge on any atom is -0.444 e. The molecule has 4 aromatic carbocycles. The lowest BCUT2D eigenvalue weighted by molar-refractivity contribution is 0.0705. The Labute approximate surface area is 497 Å². The van der Waals surface area contributed by atoms with E-state index in [0.717, 1.165) is 78.5 Å². The normalized spacial score (nSPS) is 35.5. The van der Waals surface area contributed by atoms with Gasteiger partial charge in [-0.15, -0.1) is 0 Å². The van der Waals surface area contributed by atoms with Gasteiger partial charge in [0.05, 0.1) is 24.2 Å². The van der Waals surface area contributed by atoms with Gasteiger partial charge in [-0.05, 0) is 125 Å². The first-order valence-electron chi connectivity index (χ1n) is 31.9. The van der Waals surface area contributed by atoms with Crippen molar-refractivity contribution in [1.29, 1.82) is 0 Å². The molecule has 0 aliphatic carbocycles. The van der Waals surface area contributed by atoms with Gasteiger partial charge in [0.2, 0.25) is 0 Å². The van der Waals surface area contributed by atoms with Crippen molar-refractivity contribution in [2.24, 2.45) is 23.7 Å². The highest BCUT2D eigenvalue weighted by Gasteiger charge is 2.54. The quantitative estimate of drug-likeness (QED) is 0.156. The summed E-state index contributed by atoms with van der Waals surface area (Å²) in [6.45, 7) is 19.9. The summed E-state index contributed by atoms with van der Waals surface area (Å²) >= 11 is 0. The van der Waals surface area contributed by atoms with Crippen LogP contribution in [-0.2, 0) is 45.1 Å². The number of fused-ring (bicyclic) bond motifs is 8. The fourth-order valence-electron chi connectivity index (χ4n) is 17.4. The molecule has 20 rings (SSSR count). The van der Waals surface area contributed by atoms with Crippen LogP contribution < -0.4 is 0 Å². The van der Waals surface area contributed by atoms with Crippen LogP contribution in [0.2, 0.25) is 0 Å². The molecule has 16 heterocycles. The van der Waals surface area contributed by atoms with E-state index in [1.807, 2.05) is 47.3 Å². The molecule has 0 spiro atoms. The van der Waals surface area contributed by atoms with Crippen LogP contribution in [-0.4, -0.2) is 189 Å². The van der Waals surface area contributed by atoms with E-state index in [2.05, 4.69) is 141 Å². The molecular weight excluding hydrogens is 1060 g/mol. The molecule has 0 N–H and O–H groups in total. The van der Waals surface area contributed by atoms with Gasteiger partial charge in [-0.1, -0.05) is 121 Å². The van der Waals surface area contributed by atoms with Gasteiger partial charge in [0.1, 0.15) is 24.4 Å². The summed E-state index contributed by atoms with van der Waals surface area (Å²) in [4.78, 5) is 66.4. The van der Waals surface area contributed by atoms with Crippen LogP contribution >= 0.6 is 0 Å². The maximum Gasteiger partial charge on any atom is 0.410 e. The Morgan fingerprint density at radius 1 is 0.321 bits per heavy atom. The Hall–Kier alpha value is -6.20. The largest absolute Gasteiger partial charge is 0.444 e. The van der Waals surface area contributed by atoms with Gasteiger partial charge in [-0.3, -0.25) is 39.2 Å². The van der Waals surface area contributed by atoms with Crippen molar-refractivity contribution >= 4 is 24.4 Å². The van der Waals surface area contributed by atoms with E-state index in [0.29, 0.717) is 47.8 Å². The Bertz CT molecular complexity index is 2700. The SMILES string of the molecule is C[C@@H]1OC(=O)N2C[C@@H]3CC[C@H]([C@H]12)N(Cc1ccccc1)C3.C[C@@H]1OC(=O)N2C[C@H]3CC[C@H](CN3Cc3ccccc3)[C@@H]12.C[C@H]1OC(=O)N2C[C@@H]3CC[C@H]([C@H]12)N(Cc1ccccc1)C3.C[C@H]1OC(=O)N2C[C@H]3CC[C@H](CN3Cc3ccccc3)[C@@H]12. The maximum absolute atomic E-state index is 12.0. The molecule has 0 unspecified atom stereocenters. The van der Waals surface area contributed by atoms with Crippen molar-refractivity contribution in [2.75, 3.05) is 52.4 Å². The Kier molecular flexibility index (Phi) is 16.7. The van der Waals surface area contributed by atoms with Gasteiger partial charge in [0, 0.05) is 103 Å². The van der Waals surface area contributed by atoms with Crippen molar-refractivity contribution in [3.05, 3.63) is 144 Å². The molecule has 448 valence electrons. The van der Waals surface area contributed by atoms with Crippen LogP contribution in [0.3, 0.4) is 0 Å². The highest BCUT2D eigenvalue weighted by molar-refractivity contribution is 5.72. The van der Waals surface area contributed by atoms with E-state index in [-0.39, 0.29) is 73.0 Å². The summed E-state index contributed by atoms with van der Waals surface area (Å²) < 4.78 is 21.8. The summed E-state index contributed by atoms with van der Waals surface area (Å²) in [5, 5.41) is 0. The Morgan fingerprint density at radius 2 is 0.619 bits per heavy atom. The number of piperidine rings is 4. The Morgan fingerprint density at radius 3 is 0.952 bits per heavy atom. The number of ether oxygens (including phenoxy) is 4. The highest BCUT2D eigenvalue weighted by Crippen LogP contribution is 2.42. The molecule has 16 atom stereocenters. The molecule has 16 heteroatoms. The number of hydrogen-bond donors (Lipinski definition) is 0. The smallest absolute Gasteiger partial charge is 0.410 e. The lowest BCUT2D eigenvalue weighted by Crippen LogP contribution is -2.51. The molecule has 16 nitrogen and oxygen atoms in total. The summed E-state index contributed by atoms with van der Waals surface area (Å²) in [6.07, 6.45) is 9.36. The molecule has 16 aliphatic heterocycles. The number of nitrogens with zero attached hydrogens (tertiary/aromatic N) is 8. The van der Waals surface area contributed by atoms with Crippen LogP contribution in [0.1, 0.15) is 101 Å². The standard InChI is InChI=1S/4C17H22N2O2/c2*1-12-16-14-7-8-15(11-19(16)17(20)21-12)18(10-14)9-13-5-3-2-4-6-13;2*1-12-16-15-8-7-14(11-19(16)17(20)21-12)10-18(15)9-13-5-3-2-4-6-13/h4*2-6,12,14-16H,7-11H2,1H3/t12-,14+,15+,16+;12-,14-,15-,16-;12-,14+,15+,16-;12-,14-,15-,16+/m0101/s1. The fraction of sp³-hybridized carbons (Fsp3) is 0.588. The summed E-state index contributed by atoms with van der Waals surface area (Å²) in [5.74, 6) is 2.28. The third kappa shape index (κ3) is 11.8. The summed E-state index contributed by atoms with van der Waals surface area (Å²) in [5.41, 5.74) is 5.44. The number of cyclic esters (lactones) is 4. The van der Waals surface area contributed by atoms with E-state index >= 15 is 0 Å². The molecule has 4 amide bonds. The Balaban J connectivity index is 0.000000104. The second kappa shape index (κ2) is 24.6. The van der Waals surface area contributed by atoms with E-state index in [1.165, 1.54) is 73.6 Å². The van der Waals surface area contributed by atoms with Gasteiger partial charge in [-0.25, -0.2) is 19.2 Å². The second-order valence-electron chi connectivity index (χ2n) is 26.6. The van der Waals surface area contributed by atoms with Crippen LogP contribution in [0.15, 0.2) is 121 Å². The monoisotopic (exact) mass is 1140 g/mol. The van der Waals surface area contributed by atoms with Crippen molar-refractivity contribution in [3.8, 4) is 0 Å². The van der Waals surface area contributed by atoms with Crippen LogP contribution in [0.25, 0.3) is 0 Å². The van der Waals surface area contributed by atoms with Gasteiger partial charge in [0.25, 0.3) is 0 Å². The predicted octanol–water partition coefficient (Wildman–Crippen LogP) is 9.96. The molecule has 16 aliphatic rings. The lowest BCUT2D eigenvalue weighted by atomic mass is 9.87. The molecule has 0 aromatic heterocycles.